The number of ether oxygens (including phenoxy) is 2. The normalized spacial score (nSPS) is 21.5. The summed E-state index contributed by atoms with van der Waals surface area (Å²) in [4.78, 5) is 0. The average molecular weight is 235 g/mol. The largest absolute Gasteiger partial charge is 0.488 e. The molecule has 2 unspecified atom stereocenters. The van der Waals surface area contributed by atoms with E-state index >= 15 is 0 Å². The highest BCUT2D eigenvalue weighted by atomic mass is 16.5. The summed E-state index contributed by atoms with van der Waals surface area (Å²) in [5, 5.41) is 0. The Morgan fingerprint density at radius 1 is 1.53 bits per heavy atom. The van der Waals surface area contributed by atoms with Gasteiger partial charge in [-0.2, -0.15) is 0 Å². The Labute approximate surface area is 103 Å². The number of rotatable bonds is 4. The number of aryl methyl sites for hydroxylation is 1. The molecular formula is C14H21NO2. The smallest absolute Gasteiger partial charge is 0.124 e. The third-order valence-electron chi connectivity index (χ3n) is 2.94. The van der Waals surface area contributed by atoms with Crippen molar-refractivity contribution in [2.24, 2.45) is 5.73 Å². The maximum Gasteiger partial charge on any atom is 0.124 e. The molecule has 0 aromatic heterocycles. The van der Waals surface area contributed by atoms with Crippen LogP contribution >= 0.6 is 0 Å². The molecule has 2 atom stereocenters. The van der Waals surface area contributed by atoms with Crippen LogP contribution in [0.1, 0.15) is 24.5 Å². The van der Waals surface area contributed by atoms with Gasteiger partial charge in [0.15, 0.2) is 0 Å². The zero-order valence-corrected chi connectivity index (χ0v) is 10.6. The predicted octanol–water partition coefficient (Wildman–Crippen LogP) is 2.05. The van der Waals surface area contributed by atoms with Crippen LogP contribution in [0.5, 0.6) is 5.75 Å². The Kier molecular flexibility index (Phi) is 4.02. The molecule has 0 radical (unpaired) electrons. The van der Waals surface area contributed by atoms with Gasteiger partial charge in [0.25, 0.3) is 0 Å². The fourth-order valence-corrected chi connectivity index (χ4v) is 2.12. The molecule has 0 amide bonds. The highest BCUT2D eigenvalue weighted by Gasteiger charge is 2.18. The summed E-state index contributed by atoms with van der Waals surface area (Å²) in [5.41, 5.74) is 8.32. The van der Waals surface area contributed by atoms with Crippen molar-refractivity contribution in [3.8, 4) is 5.75 Å². The average Bonchev–Trinajstić information content (AvgIpc) is 2.74. The lowest BCUT2D eigenvalue weighted by Gasteiger charge is -2.17. The molecule has 0 spiro atoms. The van der Waals surface area contributed by atoms with Crippen molar-refractivity contribution in [3.63, 3.8) is 0 Å². The molecule has 94 valence electrons. The van der Waals surface area contributed by atoms with E-state index in [0.717, 1.165) is 25.2 Å². The van der Waals surface area contributed by atoms with E-state index in [1.54, 1.807) is 0 Å². The Morgan fingerprint density at radius 3 is 3.00 bits per heavy atom. The quantitative estimate of drug-likeness (QED) is 0.868. The van der Waals surface area contributed by atoms with Crippen LogP contribution in [-0.2, 0) is 11.2 Å². The van der Waals surface area contributed by atoms with Gasteiger partial charge in [0.1, 0.15) is 11.9 Å². The van der Waals surface area contributed by atoms with Gasteiger partial charge < -0.3 is 15.2 Å². The second-order valence-electron chi connectivity index (χ2n) is 4.90. The molecule has 1 aromatic rings. The molecule has 17 heavy (non-hydrogen) atoms. The molecule has 1 aromatic carbocycles. The molecule has 0 bridgehead atoms. The minimum atomic E-state index is 0.152. The molecule has 1 saturated heterocycles. The molecule has 3 heteroatoms. The van der Waals surface area contributed by atoms with E-state index in [0.29, 0.717) is 6.61 Å². The first-order valence-electron chi connectivity index (χ1n) is 6.24. The minimum Gasteiger partial charge on any atom is -0.488 e. The fourth-order valence-electron chi connectivity index (χ4n) is 2.12. The standard InChI is InChI=1S/C14H21NO2/c1-10-3-4-14(12(7-10)8-11(2)15)17-13-5-6-16-9-13/h3-4,7,11,13H,5-6,8-9,15H2,1-2H3. The lowest BCUT2D eigenvalue weighted by molar-refractivity contribution is 0.140. The van der Waals surface area contributed by atoms with Crippen LogP contribution in [0.3, 0.4) is 0 Å². The first-order valence-corrected chi connectivity index (χ1v) is 6.24. The van der Waals surface area contributed by atoms with Crippen molar-refractivity contribution in [3.05, 3.63) is 29.3 Å². The van der Waals surface area contributed by atoms with E-state index in [4.69, 9.17) is 15.2 Å². The first-order chi connectivity index (χ1) is 8.15. The highest BCUT2D eigenvalue weighted by Crippen LogP contribution is 2.24. The maximum atomic E-state index is 5.98. The molecule has 1 aliphatic heterocycles. The van der Waals surface area contributed by atoms with E-state index in [1.165, 1.54) is 11.1 Å². The van der Waals surface area contributed by atoms with Crippen LogP contribution in [0.4, 0.5) is 0 Å². The van der Waals surface area contributed by atoms with Crippen LogP contribution in [0.25, 0.3) is 0 Å². The molecular weight excluding hydrogens is 214 g/mol. The molecule has 1 aliphatic rings. The first kappa shape index (κ1) is 12.4. The zero-order chi connectivity index (χ0) is 12.3. The summed E-state index contributed by atoms with van der Waals surface area (Å²) in [7, 11) is 0. The van der Waals surface area contributed by atoms with Gasteiger partial charge in [-0.3, -0.25) is 0 Å². The number of hydrogen-bond acceptors (Lipinski definition) is 3. The van der Waals surface area contributed by atoms with Gasteiger partial charge in [-0.25, -0.2) is 0 Å². The summed E-state index contributed by atoms with van der Waals surface area (Å²) in [6.07, 6.45) is 2.03. The maximum absolute atomic E-state index is 5.98. The summed E-state index contributed by atoms with van der Waals surface area (Å²) in [5.74, 6) is 0.961. The summed E-state index contributed by atoms with van der Waals surface area (Å²) in [6, 6.07) is 6.44. The van der Waals surface area contributed by atoms with E-state index in [1.807, 2.05) is 13.0 Å². The van der Waals surface area contributed by atoms with Gasteiger partial charge in [-0.05, 0) is 31.9 Å². The van der Waals surface area contributed by atoms with Crippen LogP contribution < -0.4 is 10.5 Å². The van der Waals surface area contributed by atoms with Crippen LogP contribution in [-0.4, -0.2) is 25.4 Å². The Morgan fingerprint density at radius 2 is 2.35 bits per heavy atom. The summed E-state index contributed by atoms with van der Waals surface area (Å²) < 4.78 is 11.3. The van der Waals surface area contributed by atoms with E-state index in [-0.39, 0.29) is 12.1 Å². The van der Waals surface area contributed by atoms with Crippen LogP contribution in [0.2, 0.25) is 0 Å². The number of nitrogens with two attached hydrogens (primary N) is 1. The monoisotopic (exact) mass is 235 g/mol. The lowest BCUT2D eigenvalue weighted by Crippen LogP contribution is -2.20. The topological polar surface area (TPSA) is 44.5 Å². The third kappa shape index (κ3) is 3.45. The summed E-state index contributed by atoms with van der Waals surface area (Å²) >= 11 is 0. The van der Waals surface area contributed by atoms with Gasteiger partial charge in [0.2, 0.25) is 0 Å². The van der Waals surface area contributed by atoms with Gasteiger partial charge in [0, 0.05) is 12.5 Å². The summed E-state index contributed by atoms with van der Waals surface area (Å²) in [6.45, 7) is 5.61. The van der Waals surface area contributed by atoms with E-state index < -0.39 is 0 Å². The van der Waals surface area contributed by atoms with Crippen LogP contribution in [0, 0.1) is 6.92 Å². The van der Waals surface area contributed by atoms with Crippen molar-refractivity contribution in [1.82, 2.24) is 0 Å². The molecule has 2 N–H and O–H groups in total. The second kappa shape index (κ2) is 5.52. The molecule has 3 nitrogen and oxygen atoms in total. The van der Waals surface area contributed by atoms with Crippen molar-refractivity contribution in [2.45, 2.75) is 38.8 Å². The molecule has 0 saturated carbocycles. The van der Waals surface area contributed by atoms with Gasteiger partial charge >= 0.3 is 0 Å². The second-order valence-corrected chi connectivity index (χ2v) is 4.90. The molecule has 1 fully saturated rings. The number of hydrogen-bond donors (Lipinski definition) is 1. The van der Waals surface area contributed by atoms with E-state index in [9.17, 15) is 0 Å². The Balaban J connectivity index is 2.13. The Bertz CT molecular complexity index is 370. The third-order valence-corrected chi connectivity index (χ3v) is 2.94. The fraction of sp³-hybridized carbons (Fsp3) is 0.571. The molecule has 1 heterocycles. The van der Waals surface area contributed by atoms with Gasteiger partial charge in [0.05, 0.1) is 13.2 Å². The highest BCUT2D eigenvalue weighted by molar-refractivity contribution is 5.37. The van der Waals surface area contributed by atoms with Gasteiger partial charge in [-0.15, -0.1) is 0 Å². The molecule has 2 rings (SSSR count). The van der Waals surface area contributed by atoms with Crippen molar-refractivity contribution in [2.75, 3.05) is 13.2 Å². The lowest BCUT2D eigenvalue weighted by atomic mass is 10.0. The Hall–Kier alpha value is -1.06. The van der Waals surface area contributed by atoms with Crippen molar-refractivity contribution >= 4 is 0 Å². The van der Waals surface area contributed by atoms with Crippen molar-refractivity contribution in [1.29, 1.82) is 0 Å². The van der Waals surface area contributed by atoms with E-state index in [2.05, 4.69) is 19.1 Å². The SMILES string of the molecule is Cc1ccc(OC2CCOC2)c(CC(C)N)c1. The molecule has 0 aliphatic carbocycles. The van der Waals surface area contributed by atoms with Gasteiger partial charge in [-0.1, -0.05) is 17.7 Å². The van der Waals surface area contributed by atoms with Crippen molar-refractivity contribution < 1.29 is 9.47 Å². The predicted molar refractivity (Wildman–Crippen MR) is 68.4 cm³/mol. The number of benzene rings is 1. The minimum absolute atomic E-state index is 0.152. The van der Waals surface area contributed by atoms with Crippen LogP contribution in [0.15, 0.2) is 18.2 Å². The zero-order valence-electron chi connectivity index (χ0n) is 10.6.